The van der Waals surface area contributed by atoms with Crippen molar-refractivity contribution in [3.63, 3.8) is 0 Å². The maximum Gasteiger partial charge on any atom is 0.215 e. The Labute approximate surface area is 103 Å². The van der Waals surface area contributed by atoms with Crippen LogP contribution in [0.1, 0.15) is 24.2 Å². The van der Waals surface area contributed by atoms with Gasteiger partial charge in [-0.1, -0.05) is 11.8 Å². The van der Waals surface area contributed by atoms with E-state index in [1.807, 2.05) is 0 Å². The summed E-state index contributed by atoms with van der Waals surface area (Å²) in [5.74, 6) is -0.513. The lowest BCUT2D eigenvalue weighted by atomic mass is 10.1. The lowest BCUT2D eigenvalue weighted by Gasteiger charge is -2.17. The molecule has 1 heterocycles. The molecular weight excluding hydrogens is 245 g/mol. The molecule has 0 aliphatic heterocycles. The topological polar surface area (TPSA) is 70.4 Å². The minimum Gasteiger partial charge on any atom is -0.389 e. The number of nitrogens with zero attached hydrogens (tertiary/aromatic N) is 1. The van der Waals surface area contributed by atoms with Gasteiger partial charge in [0, 0.05) is 30.0 Å². The minimum atomic E-state index is -1.17. The maximum atomic E-state index is 12.9. The number of carbonyl (C=O) groups excluding carboxylic acids is 1. The number of rotatable bonds is 4. The monoisotopic (exact) mass is 259 g/mol. The summed E-state index contributed by atoms with van der Waals surface area (Å²) in [5.41, 5.74) is 0.633. The quantitative estimate of drug-likeness (QED) is 0.795. The van der Waals surface area contributed by atoms with Crippen molar-refractivity contribution in [2.24, 2.45) is 0 Å². The number of halogens is 1. The van der Waals surface area contributed by atoms with Gasteiger partial charge in [0.2, 0.25) is 5.95 Å². The molecule has 1 aromatic heterocycles. The third kappa shape index (κ3) is 4.07. The van der Waals surface area contributed by atoms with Crippen LogP contribution in [0.25, 0.3) is 0 Å². The molecule has 0 aliphatic rings. The smallest absolute Gasteiger partial charge is 0.215 e. The number of hydrogen-bond acceptors (Lipinski definition) is 5. The molecule has 94 valence electrons. The van der Waals surface area contributed by atoms with Gasteiger partial charge in [-0.05, 0) is 13.0 Å². The molecule has 0 bridgehead atoms. The van der Waals surface area contributed by atoms with E-state index >= 15 is 0 Å². The summed E-state index contributed by atoms with van der Waals surface area (Å²) in [6.07, 6.45) is -1.08. The Morgan fingerprint density at radius 2 is 2.24 bits per heavy atom. The third-order valence-electron chi connectivity index (χ3n) is 2.20. The highest BCUT2D eigenvalue weighted by atomic mass is 32.2. The molecule has 0 radical (unpaired) electrons. The van der Waals surface area contributed by atoms with Gasteiger partial charge < -0.3 is 10.2 Å². The molecule has 4 nitrogen and oxygen atoms in total. The number of hydrogen-bond donors (Lipinski definition) is 2. The molecule has 0 saturated heterocycles. The average molecular weight is 259 g/mol. The molecule has 1 aromatic rings. The Balaban J connectivity index is 2.70. The standard InChI is InChI=1S/C11H14FNO3S/c1-6-3-8(4-13-11(6)12)10(16)9(15)5-17-7(2)14/h3-4,9-10,15-16H,5H2,1-2H3. The summed E-state index contributed by atoms with van der Waals surface area (Å²) < 4.78 is 12.9. The molecule has 6 heteroatoms. The molecule has 0 saturated carbocycles. The number of aryl methyl sites for hydroxylation is 1. The Morgan fingerprint density at radius 3 is 2.76 bits per heavy atom. The van der Waals surface area contributed by atoms with E-state index in [9.17, 15) is 19.4 Å². The van der Waals surface area contributed by atoms with Crippen molar-refractivity contribution in [1.29, 1.82) is 0 Å². The average Bonchev–Trinajstić information content (AvgIpc) is 2.28. The van der Waals surface area contributed by atoms with Crippen LogP contribution in [0.3, 0.4) is 0 Å². The zero-order valence-electron chi connectivity index (χ0n) is 9.55. The first kappa shape index (κ1) is 14.1. The highest BCUT2D eigenvalue weighted by Crippen LogP contribution is 2.20. The Kier molecular flexibility index (Phi) is 5.04. The molecule has 0 aliphatic carbocycles. The highest BCUT2D eigenvalue weighted by Gasteiger charge is 2.20. The zero-order chi connectivity index (χ0) is 13.0. The van der Waals surface area contributed by atoms with E-state index in [1.54, 1.807) is 0 Å². The molecule has 0 spiro atoms. The molecule has 2 unspecified atom stereocenters. The Hall–Kier alpha value is -0.980. The van der Waals surface area contributed by atoms with Crippen molar-refractivity contribution in [2.45, 2.75) is 26.1 Å². The van der Waals surface area contributed by atoms with Crippen molar-refractivity contribution in [3.05, 3.63) is 29.3 Å². The minimum absolute atomic E-state index is 0.0902. The van der Waals surface area contributed by atoms with Crippen LogP contribution in [0.2, 0.25) is 0 Å². The van der Waals surface area contributed by atoms with Crippen LogP contribution < -0.4 is 0 Å². The van der Waals surface area contributed by atoms with Crippen molar-refractivity contribution in [3.8, 4) is 0 Å². The fourth-order valence-electron chi connectivity index (χ4n) is 1.26. The van der Waals surface area contributed by atoms with Crippen LogP contribution in [-0.4, -0.2) is 32.2 Å². The van der Waals surface area contributed by atoms with E-state index in [0.717, 1.165) is 11.8 Å². The van der Waals surface area contributed by atoms with Gasteiger partial charge in [-0.2, -0.15) is 4.39 Å². The van der Waals surface area contributed by atoms with Crippen LogP contribution in [0.5, 0.6) is 0 Å². The van der Waals surface area contributed by atoms with E-state index in [0.29, 0.717) is 11.1 Å². The number of aliphatic hydroxyl groups is 2. The summed E-state index contributed by atoms with van der Waals surface area (Å²) in [7, 11) is 0. The van der Waals surface area contributed by atoms with Gasteiger partial charge in [0.25, 0.3) is 0 Å². The number of aliphatic hydroxyl groups excluding tert-OH is 2. The van der Waals surface area contributed by atoms with E-state index in [2.05, 4.69) is 4.98 Å². The summed E-state index contributed by atoms with van der Waals surface area (Å²) >= 11 is 0.926. The fourth-order valence-corrected chi connectivity index (χ4v) is 1.85. The fraction of sp³-hybridized carbons (Fsp3) is 0.455. The van der Waals surface area contributed by atoms with E-state index in [1.165, 1.54) is 26.1 Å². The van der Waals surface area contributed by atoms with Gasteiger partial charge in [0.1, 0.15) is 6.10 Å². The van der Waals surface area contributed by atoms with Gasteiger partial charge in [0.15, 0.2) is 5.12 Å². The van der Waals surface area contributed by atoms with E-state index in [-0.39, 0.29) is 10.9 Å². The molecule has 0 aromatic carbocycles. The largest absolute Gasteiger partial charge is 0.389 e. The van der Waals surface area contributed by atoms with Crippen LogP contribution in [-0.2, 0) is 4.79 Å². The summed E-state index contributed by atoms with van der Waals surface area (Å²) in [5, 5.41) is 19.3. The normalized spacial score (nSPS) is 14.4. The van der Waals surface area contributed by atoms with Crippen LogP contribution in [0.4, 0.5) is 4.39 Å². The second-order valence-corrected chi connectivity index (χ2v) is 4.89. The number of aromatic nitrogens is 1. The van der Waals surface area contributed by atoms with Crippen LogP contribution in [0.15, 0.2) is 12.3 Å². The van der Waals surface area contributed by atoms with Crippen molar-refractivity contribution in [2.75, 3.05) is 5.75 Å². The SMILES string of the molecule is CC(=O)SCC(O)C(O)c1cnc(F)c(C)c1. The first-order valence-electron chi connectivity index (χ1n) is 5.03. The van der Waals surface area contributed by atoms with E-state index in [4.69, 9.17) is 0 Å². The summed E-state index contributed by atoms with van der Waals surface area (Å²) in [4.78, 5) is 14.2. The molecular formula is C11H14FNO3S. The highest BCUT2D eigenvalue weighted by molar-refractivity contribution is 8.13. The second kappa shape index (κ2) is 6.09. The molecule has 17 heavy (non-hydrogen) atoms. The van der Waals surface area contributed by atoms with Gasteiger partial charge in [-0.15, -0.1) is 0 Å². The predicted octanol–water partition coefficient (Wildman–Crippen LogP) is 1.20. The number of thioether (sulfide) groups is 1. The zero-order valence-corrected chi connectivity index (χ0v) is 10.4. The van der Waals surface area contributed by atoms with Crippen molar-refractivity contribution >= 4 is 16.9 Å². The lowest BCUT2D eigenvalue weighted by Crippen LogP contribution is -2.21. The molecule has 2 N–H and O–H groups in total. The molecule has 0 amide bonds. The summed E-state index contributed by atoms with van der Waals surface area (Å²) in [6, 6.07) is 1.43. The van der Waals surface area contributed by atoms with Gasteiger partial charge >= 0.3 is 0 Å². The maximum absolute atomic E-state index is 12.9. The molecule has 2 atom stereocenters. The Bertz CT molecular complexity index is 414. The first-order chi connectivity index (χ1) is 7.91. The second-order valence-electron chi connectivity index (χ2n) is 3.69. The lowest BCUT2D eigenvalue weighted by molar-refractivity contribution is -0.109. The number of carbonyl (C=O) groups is 1. The van der Waals surface area contributed by atoms with E-state index < -0.39 is 18.2 Å². The Morgan fingerprint density at radius 1 is 1.59 bits per heavy atom. The van der Waals surface area contributed by atoms with Gasteiger partial charge in [0.05, 0.1) is 6.10 Å². The van der Waals surface area contributed by atoms with Crippen molar-refractivity contribution < 1.29 is 19.4 Å². The van der Waals surface area contributed by atoms with Crippen molar-refractivity contribution in [1.82, 2.24) is 4.98 Å². The van der Waals surface area contributed by atoms with Gasteiger partial charge in [-0.25, -0.2) is 4.98 Å². The van der Waals surface area contributed by atoms with Crippen LogP contribution in [0, 0.1) is 12.9 Å². The third-order valence-corrected chi connectivity index (χ3v) is 3.11. The first-order valence-corrected chi connectivity index (χ1v) is 6.02. The number of pyridine rings is 1. The van der Waals surface area contributed by atoms with Gasteiger partial charge in [-0.3, -0.25) is 4.79 Å². The van der Waals surface area contributed by atoms with Crippen LogP contribution >= 0.6 is 11.8 Å². The molecule has 1 rings (SSSR count). The predicted molar refractivity (Wildman–Crippen MR) is 63.0 cm³/mol. The molecule has 0 fully saturated rings. The summed E-state index contributed by atoms with van der Waals surface area (Å²) in [6.45, 7) is 2.91.